The highest BCUT2D eigenvalue weighted by molar-refractivity contribution is 5.98. The van der Waals surface area contributed by atoms with Crippen LogP contribution in [0.4, 0.5) is 10.2 Å². The molecule has 27 heavy (non-hydrogen) atoms. The van der Waals surface area contributed by atoms with Crippen LogP contribution in [0.15, 0.2) is 60.9 Å². The van der Waals surface area contributed by atoms with Crippen molar-refractivity contribution in [2.24, 2.45) is 0 Å². The molecular formula is C20H19FN4O2. The van der Waals surface area contributed by atoms with Crippen LogP contribution in [0.25, 0.3) is 5.69 Å². The van der Waals surface area contributed by atoms with Gasteiger partial charge in [-0.1, -0.05) is 30.3 Å². The molecule has 1 amide bonds. The van der Waals surface area contributed by atoms with E-state index in [1.807, 2.05) is 30.3 Å². The van der Waals surface area contributed by atoms with Gasteiger partial charge in [0.2, 0.25) is 11.9 Å². The first kappa shape index (κ1) is 17.4. The number of aromatic nitrogens is 3. The molecule has 1 aliphatic rings. The van der Waals surface area contributed by atoms with E-state index in [1.165, 1.54) is 16.9 Å². The molecule has 0 spiro atoms. The summed E-state index contributed by atoms with van der Waals surface area (Å²) in [7, 11) is 0. The van der Waals surface area contributed by atoms with Crippen LogP contribution in [0.3, 0.4) is 0 Å². The molecule has 1 N–H and O–H groups in total. The maximum absolute atomic E-state index is 13.3. The summed E-state index contributed by atoms with van der Waals surface area (Å²) in [5.74, 6) is -0.277. The van der Waals surface area contributed by atoms with E-state index in [1.54, 1.807) is 18.3 Å². The van der Waals surface area contributed by atoms with Crippen molar-refractivity contribution < 1.29 is 13.9 Å². The van der Waals surface area contributed by atoms with Gasteiger partial charge in [0.05, 0.1) is 11.1 Å². The molecule has 3 aromatic rings. The van der Waals surface area contributed by atoms with Crippen LogP contribution in [0.5, 0.6) is 0 Å². The highest BCUT2D eigenvalue weighted by Crippen LogP contribution is 2.36. The smallest absolute Gasteiger partial charge is 0.236 e. The van der Waals surface area contributed by atoms with E-state index in [-0.39, 0.29) is 5.91 Å². The van der Waals surface area contributed by atoms with E-state index in [9.17, 15) is 9.18 Å². The van der Waals surface area contributed by atoms with Crippen LogP contribution in [-0.2, 0) is 14.9 Å². The van der Waals surface area contributed by atoms with E-state index in [0.29, 0.717) is 37.6 Å². The van der Waals surface area contributed by atoms with Crippen molar-refractivity contribution in [3.63, 3.8) is 0 Å². The zero-order chi connectivity index (χ0) is 18.7. The second-order valence-electron chi connectivity index (χ2n) is 6.50. The van der Waals surface area contributed by atoms with Gasteiger partial charge in [0, 0.05) is 37.7 Å². The minimum atomic E-state index is -0.647. The summed E-state index contributed by atoms with van der Waals surface area (Å²) in [6.45, 7) is 1.07. The second-order valence-corrected chi connectivity index (χ2v) is 6.50. The summed E-state index contributed by atoms with van der Waals surface area (Å²) < 4.78 is 20.3. The van der Waals surface area contributed by atoms with Crippen LogP contribution < -0.4 is 5.32 Å². The molecule has 1 saturated heterocycles. The summed E-state index contributed by atoms with van der Waals surface area (Å²) in [6, 6.07) is 14.4. The predicted molar refractivity (Wildman–Crippen MR) is 98.1 cm³/mol. The topological polar surface area (TPSA) is 69.0 Å². The lowest BCUT2D eigenvalue weighted by Crippen LogP contribution is -2.44. The summed E-state index contributed by atoms with van der Waals surface area (Å²) in [5.41, 5.74) is 0.861. The van der Waals surface area contributed by atoms with Crippen molar-refractivity contribution in [3.8, 4) is 5.69 Å². The average molecular weight is 366 g/mol. The van der Waals surface area contributed by atoms with Crippen molar-refractivity contribution in [1.29, 1.82) is 0 Å². The zero-order valence-corrected chi connectivity index (χ0v) is 14.6. The van der Waals surface area contributed by atoms with Crippen LogP contribution in [0, 0.1) is 5.95 Å². The Morgan fingerprint density at radius 3 is 2.67 bits per heavy atom. The van der Waals surface area contributed by atoms with Crippen LogP contribution in [-0.4, -0.2) is 33.9 Å². The van der Waals surface area contributed by atoms with Gasteiger partial charge in [-0.3, -0.25) is 4.79 Å². The fourth-order valence-corrected chi connectivity index (χ4v) is 3.43. The predicted octanol–water partition coefficient (Wildman–Crippen LogP) is 3.09. The zero-order valence-electron chi connectivity index (χ0n) is 14.6. The molecule has 7 heteroatoms. The summed E-state index contributed by atoms with van der Waals surface area (Å²) in [6.07, 6.45) is 4.26. The number of hydrogen-bond acceptors (Lipinski definition) is 4. The van der Waals surface area contributed by atoms with Crippen molar-refractivity contribution in [2.75, 3.05) is 18.5 Å². The second kappa shape index (κ2) is 7.28. The summed E-state index contributed by atoms with van der Waals surface area (Å²) in [5, 5.41) is 7.26. The maximum atomic E-state index is 13.3. The molecule has 138 valence electrons. The molecule has 0 unspecified atom stereocenters. The number of nitrogens with zero attached hydrogens (tertiary/aromatic N) is 3. The minimum absolute atomic E-state index is 0.108. The Morgan fingerprint density at radius 2 is 1.93 bits per heavy atom. The van der Waals surface area contributed by atoms with Crippen molar-refractivity contribution in [2.45, 2.75) is 18.3 Å². The maximum Gasteiger partial charge on any atom is 0.236 e. The Bertz CT molecular complexity index is 936. The van der Waals surface area contributed by atoms with E-state index >= 15 is 0 Å². The lowest BCUT2D eigenvalue weighted by atomic mass is 9.73. The summed E-state index contributed by atoms with van der Waals surface area (Å²) >= 11 is 0. The van der Waals surface area contributed by atoms with Gasteiger partial charge in [0.25, 0.3) is 0 Å². The molecule has 0 saturated carbocycles. The molecule has 1 aromatic carbocycles. The van der Waals surface area contributed by atoms with Gasteiger partial charge in [-0.25, -0.2) is 9.67 Å². The van der Waals surface area contributed by atoms with Crippen molar-refractivity contribution in [1.82, 2.24) is 14.8 Å². The third-order valence-electron chi connectivity index (χ3n) is 4.91. The number of rotatable bonds is 4. The lowest BCUT2D eigenvalue weighted by Gasteiger charge is -2.36. The molecule has 2 aromatic heterocycles. The molecule has 0 atom stereocenters. The fraction of sp³-hybridized carbons (Fsp3) is 0.250. The largest absolute Gasteiger partial charge is 0.381 e. The Labute approximate surface area is 156 Å². The number of benzene rings is 1. The number of anilines is 1. The highest BCUT2D eigenvalue weighted by atomic mass is 19.1. The monoisotopic (exact) mass is 366 g/mol. The number of halogens is 1. The third-order valence-corrected chi connectivity index (χ3v) is 4.91. The quantitative estimate of drug-likeness (QED) is 0.721. The first-order valence-corrected chi connectivity index (χ1v) is 8.80. The molecule has 0 radical (unpaired) electrons. The van der Waals surface area contributed by atoms with Crippen LogP contribution >= 0.6 is 0 Å². The van der Waals surface area contributed by atoms with E-state index in [4.69, 9.17) is 4.74 Å². The molecule has 1 aliphatic heterocycles. The molecular weight excluding hydrogens is 347 g/mol. The van der Waals surface area contributed by atoms with Gasteiger partial charge in [-0.05, 0) is 24.5 Å². The van der Waals surface area contributed by atoms with Crippen molar-refractivity contribution >= 4 is 11.7 Å². The Morgan fingerprint density at radius 1 is 1.15 bits per heavy atom. The number of carbonyl (C=O) groups is 1. The van der Waals surface area contributed by atoms with Gasteiger partial charge >= 0.3 is 0 Å². The Hall–Kier alpha value is -3.06. The molecule has 4 rings (SSSR count). The number of nitrogens with one attached hydrogen (secondary N) is 1. The Balaban J connectivity index is 1.59. The first-order valence-electron chi connectivity index (χ1n) is 8.80. The third kappa shape index (κ3) is 3.46. The standard InChI is InChI=1S/C20H19FN4O2/c21-17-14-16(6-10-22-17)25-11-7-18(24-25)23-19(26)20(8-12-27-13-9-20)15-4-2-1-3-5-15/h1-7,10-11,14H,8-9,12-13H2,(H,23,24,26). The minimum Gasteiger partial charge on any atom is -0.381 e. The van der Waals surface area contributed by atoms with Gasteiger partial charge in [0.1, 0.15) is 0 Å². The first-order chi connectivity index (χ1) is 13.2. The lowest BCUT2D eigenvalue weighted by molar-refractivity contribution is -0.125. The number of pyridine rings is 1. The van der Waals surface area contributed by atoms with Gasteiger partial charge < -0.3 is 10.1 Å². The number of carbonyl (C=O) groups excluding carboxylic acids is 1. The van der Waals surface area contributed by atoms with Crippen molar-refractivity contribution in [3.05, 3.63) is 72.4 Å². The van der Waals surface area contributed by atoms with Crippen LogP contribution in [0.2, 0.25) is 0 Å². The molecule has 0 bridgehead atoms. The number of amides is 1. The fourth-order valence-electron chi connectivity index (χ4n) is 3.43. The van der Waals surface area contributed by atoms with Gasteiger partial charge in [-0.2, -0.15) is 9.49 Å². The SMILES string of the molecule is O=C(Nc1ccn(-c2ccnc(F)c2)n1)C1(c2ccccc2)CCOCC1. The Kier molecular flexibility index (Phi) is 4.68. The number of ether oxygens (including phenoxy) is 1. The van der Waals surface area contributed by atoms with Gasteiger partial charge in [0.15, 0.2) is 5.82 Å². The van der Waals surface area contributed by atoms with E-state index in [2.05, 4.69) is 15.4 Å². The molecule has 1 fully saturated rings. The molecule has 3 heterocycles. The molecule has 6 nitrogen and oxygen atoms in total. The summed E-state index contributed by atoms with van der Waals surface area (Å²) in [4.78, 5) is 16.7. The average Bonchev–Trinajstić information content (AvgIpc) is 3.18. The number of hydrogen-bond donors (Lipinski definition) is 1. The normalized spacial score (nSPS) is 16.0. The molecule has 0 aliphatic carbocycles. The van der Waals surface area contributed by atoms with E-state index < -0.39 is 11.4 Å². The van der Waals surface area contributed by atoms with E-state index in [0.717, 1.165) is 5.56 Å². The van der Waals surface area contributed by atoms with Gasteiger partial charge in [-0.15, -0.1) is 0 Å². The highest BCUT2D eigenvalue weighted by Gasteiger charge is 2.41. The van der Waals surface area contributed by atoms with Crippen LogP contribution in [0.1, 0.15) is 18.4 Å².